The summed E-state index contributed by atoms with van der Waals surface area (Å²) >= 11 is 0. The van der Waals surface area contributed by atoms with Crippen LogP contribution in [0.25, 0.3) is 0 Å². The summed E-state index contributed by atoms with van der Waals surface area (Å²) in [4.78, 5) is 0. The SMILES string of the molecule is CNCCC(N)c1ccc(OC)cc1OC. The molecule has 3 N–H and O–H groups in total. The minimum Gasteiger partial charge on any atom is -0.497 e. The normalized spacial score (nSPS) is 12.2. The molecule has 0 amide bonds. The molecule has 90 valence electrons. The van der Waals surface area contributed by atoms with Gasteiger partial charge in [0.2, 0.25) is 0 Å². The van der Waals surface area contributed by atoms with Crippen molar-refractivity contribution in [2.75, 3.05) is 27.8 Å². The fraction of sp³-hybridized carbons (Fsp3) is 0.500. The van der Waals surface area contributed by atoms with Crippen LogP contribution in [0.2, 0.25) is 0 Å². The second kappa shape index (κ2) is 6.35. The van der Waals surface area contributed by atoms with Gasteiger partial charge in [0.05, 0.1) is 14.2 Å². The number of nitrogens with one attached hydrogen (secondary N) is 1. The fourth-order valence-corrected chi connectivity index (χ4v) is 1.58. The highest BCUT2D eigenvalue weighted by Crippen LogP contribution is 2.29. The van der Waals surface area contributed by atoms with Gasteiger partial charge in [0.15, 0.2) is 0 Å². The van der Waals surface area contributed by atoms with Crippen molar-refractivity contribution in [3.05, 3.63) is 23.8 Å². The van der Waals surface area contributed by atoms with Crippen molar-refractivity contribution in [1.29, 1.82) is 0 Å². The van der Waals surface area contributed by atoms with Gasteiger partial charge in [0, 0.05) is 17.7 Å². The van der Waals surface area contributed by atoms with Crippen molar-refractivity contribution in [3.8, 4) is 11.5 Å². The number of hydrogen-bond donors (Lipinski definition) is 2. The van der Waals surface area contributed by atoms with Gasteiger partial charge in [-0.05, 0) is 26.1 Å². The van der Waals surface area contributed by atoms with E-state index in [1.54, 1.807) is 14.2 Å². The van der Waals surface area contributed by atoms with E-state index in [1.165, 1.54) is 0 Å². The Balaban J connectivity index is 2.85. The van der Waals surface area contributed by atoms with Crippen molar-refractivity contribution in [2.45, 2.75) is 12.5 Å². The third-order valence-electron chi connectivity index (χ3n) is 2.55. The third kappa shape index (κ3) is 3.12. The molecule has 1 unspecified atom stereocenters. The molecule has 0 aliphatic carbocycles. The number of rotatable bonds is 6. The molecule has 4 nitrogen and oxygen atoms in total. The zero-order chi connectivity index (χ0) is 12.0. The average Bonchev–Trinajstić information content (AvgIpc) is 2.34. The molecular formula is C12H20N2O2. The summed E-state index contributed by atoms with van der Waals surface area (Å²) in [7, 11) is 5.19. The van der Waals surface area contributed by atoms with E-state index in [9.17, 15) is 0 Å². The Morgan fingerprint density at radius 2 is 2.06 bits per heavy atom. The summed E-state index contributed by atoms with van der Waals surface area (Å²) in [6, 6.07) is 5.69. The maximum atomic E-state index is 6.09. The highest BCUT2D eigenvalue weighted by Gasteiger charge is 2.12. The molecule has 1 rings (SSSR count). The van der Waals surface area contributed by atoms with Crippen molar-refractivity contribution in [1.82, 2.24) is 5.32 Å². The standard InChI is InChI=1S/C12H20N2O2/c1-14-7-6-11(13)10-5-4-9(15-2)8-12(10)16-3/h4-5,8,11,14H,6-7,13H2,1-3H3. The molecule has 0 fully saturated rings. The molecule has 0 spiro atoms. The van der Waals surface area contributed by atoms with E-state index >= 15 is 0 Å². The maximum Gasteiger partial charge on any atom is 0.127 e. The number of methoxy groups -OCH3 is 2. The maximum absolute atomic E-state index is 6.09. The second-order valence-corrected chi connectivity index (χ2v) is 3.61. The lowest BCUT2D eigenvalue weighted by Gasteiger charge is -2.16. The van der Waals surface area contributed by atoms with Crippen LogP contribution in [0, 0.1) is 0 Å². The smallest absolute Gasteiger partial charge is 0.127 e. The lowest BCUT2D eigenvalue weighted by molar-refractivity contribution is 0.387. The van der Waals surface area contributed by atoms with Gasteiger partial charge in [-0.25, -0.2) is 0 Å². The Morgan fingerprint density at radius 3 is 2.62 bits per heavy atom. The minimum atomic E-state index is -0.0201. The van der Waals surface area contributed by atoms with E-state index in [4.69, 9.17) is 15.2 Å². The first-order chi connectivity index (χ1) is 7.72. The first-order valence-electron chi connectivity index (χ1n) is 5.35. The van der Waals surface area contributed by atoms with E-state index in [-0.39, 0.29) is 6.04 Å². The van der Waals surface area contributed by atoms with Gasteiger partial charge < -0.3 is 20.5 Å². The summed E-state index contributed by atoms with van der Waals surface area (Å²) in [5, 5.41) is 3.08. The van der Waals surface area contributed by atoms with Crippen LogP contribution >= 0.6 is 0 Å². The second-order valence-electron chi connectivity index (χ2n) is 3.61. The predicted molar refractivity (Wildman–Crippen MR) is 65.0 cm³/mol. The van der Waals surface area contributed by atoms with Crippen molar-refractivity contribution >= 4 is 0 Å². The molecule has 4 heteroatoms. The molecule has 0 aromatic heterocycles. The molecule has 0 aliphatic rings. The molecule has 0 radical (unpaired) electrons. The van der Waals surface area contributed by atoms with Crippen LogP contribution in [0.1, 0.15) is 18.0 Å². The molecule has 0 aliphatic heterocycles. The largest absolute Gasteiger partial charge is 0.497 e. The van der Waals surface area contributed by atoms with Gasteiger partial charge in [0.25, 0.3) is 0 Å². The zero-order valence-electron chi connectivity index (χ0n) is 10.1. The first-order valence-corrected chi connectivity index (χ1v) is 5.35. The minimum absolute atomic E-state index is 0.0201. The van der Waals surface area contributed by atoms with Crippen LogP contribution in [0.3, 0.4) is 0 Å². The predicted octanol–water partition coefficient (Wildman–Crippen LogP) is 1.31. The van der Waals surface area contributed by atoms with Gasteiger partial charge in [-0.2, -0.15) is 0 Å². The van der Waals surface area contributed by atoms with Crippen LogP contribution in [0.5, 0.6) is 11.5 Å². The van der Waals surface area contributed by atoms with Crippen LogP contribution in [0.4, 0.5) is 0 Å². The summed E-state index contributed by atoms with van der Waals surface area (Å²) in [5.41, 5.74) is 7.10. The van der Waals surface area contributed by atoms with Crippen molar-refractivity contribution in [3.63, 3.8) is 0 Å². The quantitative estimate of drug-likeness (QED) is 0.765. The number of hydrogen-bond acceptors (Lipinski definition) is 4. The van der Waals surface area contributed by atoms with Gasteiger partial charge in [-0.3, -0.25) is 0 Å². The highest BCUT2D eigenvalue weighted by molar-refractivity contribution is 5.42. The zero-order valence-corrected chi connectivity index (χ0v) is 10.1. The average molecular weight is 224 g/mol. The highest BCUT2D eigenvalue weighted by atomic mass is 16.5. The Bertz CT molecular complexity index is 329. The Morgan fingerprint density at radius 1 is 1.31 bits per heavy atom. The molecule has 16 heavy (non-hydrogen) atoms. The summed E-state index contributed by atoms with van der Waals surface area (Å²) in [6.07, 6.45) is 0.874. The molecule has 1 aromatic carbocycles. The summed E-state index contributed by atoms with van der Waals surface area (Å²) in [6.45, 7) is 0.885. The number of ether oxygens (including phenoxy) is 2. The van der Waals surface area contributed by atoms with E-state index in [1.807, 2.05) is 25.2 Å². The molecular weight excluding hydrogens is 204 g/mol. The topological polar surface area (TPSA) is 56.5 Å². The van der Waals surface area contributed by atoms with E-state index in [2.05, 4.69) is 5.32 Å². The van der Waals surface area contributed by atoms with Crippen molar-refractivity contribution in [2.24, 2.45) is 5.73 Å². The van der Waals surface area contributed by atoms with E-state index in [0.717, 1.165) is 30.0 Å². The van der Waals surface area contributed by atoms with Gasteiger partial charge >= 0.3 is 0 Å². The van der Waals surface area contributed by atoms with Crippen LogP contribution in [-0.4, -0.2) is 27.8 Å². The number of benzene rings is 1. The Labute approximate surface area is 96.7 Å². The molecule has 0 saturated carbocycles. The monoisotopic (exact) mass is 224 g/mol. The Hall–Kier alpha value is -1.26. The van der Waals surface area contributed by atoms with E-state index < -0.39 is 0 Å². The lowest BCUT2D eigenvalue weighted by Crippen LogP contribution is -2.18. The lowest BCUT2D eigenvalue weighted by atomic mass is 10.0. The van der Waals surface area contributed by atoms with Gasteiger partial charge in [-0.15, -0.1) is 0 Å². The summed E-state index contributed by atoms with van der Waals surface area (Å²) in [5.74, 6) is 1.56. The molecule has 1 aromatic rings. The first kappa shape index (κ1) is 12.8. The summed E-state index contributed by atoms with van der Waals surface area (Å²) < 4.78 is 10.4. The van der Waals surface area contributed by atoms with Crippen LogP contribution < -0.4 is 20.5 Å². The van der Waals surface area contributed by atoms with Gasteiger partial charge in [-0.1, -0.05) is 6.07 Å². The fourth-order valence-electron chi connectivity index (χ4n) is 1.58. The Kier molecular flexibility index (Phi) is 5.08. The molecule has 0 heterocycles. The third-order valence-corrected chi connectivity index (χ3v) is 2.55. The molecule has 0 saturated heterocycles. The number of nitrogens with two attached hydrogens (primary N) is 1. The van der Waals surface area contributed by atoms with E-state index in [0.29, 0.717) is 0 Å². The molecule has 0 bridgehead atoms. The van der Waals surface area contributed by atoms with Crippen molar-refractivity contribution < 1.29 is 9.47 Å². The van der Waals surface area contributed by atoms with Crippen LogP contribution in [-0.2, 0) is 0 Å². The molecule has 1 atom stereocenters. The van der Waals surface area contributed by atoms with Crippen LogP contribution in [0.15, 0.2) is 18.2 Å². The van der Waals surface area contributed by atoms with Gasteiger partial charge in [0.1, 0.15) is 11.5 Å².